The predicted molar refractivity (Wildman–Crippen MR) is 89.0 cm³/mol. The number of nitrogens with one attached hydrogen (secondary N) is 1. The van der Waals surface area contributed by atoms with E-state index in [0.29, 0.717) is 13.1 Å². The van der Waals surface area contributed by atoms with Gasteiger partial charge < -0.3 is 5.32 Å². The largest absolute Gasteiger partial charge is 0.351 e. The zero-order valence-corrected chi connectivity index (χ0v) is 14.0. The van der Waals surface area contributed by atoms with E-state index in [9.17, 15) is 13.2 Å². The van der Waals surface area contributed by atoms with Crippen molar-refractivity contribution in [3.05, 3.63) is 28.5 Å². The minimum Gasteiger partial charge on any atom is -0.351 e. The Morgan fingerprint density at radius 3 is 2.81 bits per heavy atom. The molecule has 2 heterocycles. The second-order valence-corrected chi connectivity index (χ2v) is 8.60. The van der Waals surface area contributed by atoms with Crippen LogP contribution in [0.15, 0.2) is 22.9 Å². The average molecular weight is 346 g/mol. The van der Waals surface area contributed by atoms with Gasteiger partial charge in [0.2, 0.25) is 15.9 Å². The highest BCUT2D eigenvalue weighted by Gasteiger charge is 2.23. The highest BCUT2D eigenvalue weighted by molar-refractivity contribution is 7.99. The molecule has 21 heavy (non-hydrogen) atoms. The normalized spacial score (nSPS) is 17.1. The second kappa shape index (κ2) is 7.98. The van der Waals surface area contributed by atoms with Gasteiger partial charge in [0.1, 0.15) is 0 Å². The molecule has 1 amide bonds. The molecule has 1 aromatic heterocycles. The molecule has 0 radical (unpaired) electrons. The number of sulfonamides is 1. The summed E-state index contributed by atoms with van der Waals surface area (Å²) in [6.45, 7) is 1.27. The van der Waals surface area contributed by atoms with Gasteiger partial charge in [-0.2, -0.15) is 23.1 Å². The lowest BCUT2D eigenvalue weighted by atomic mass is 10.3. The van der Waals surface area contributed by atoms with Crippen LogP contribution in [-0.2, 0) is 14.8 Å². The van der Waals surface area contributed by atoms with Crippen molar-refractivity contribution in [1.82, 2.24) is 9.62 Å². The fourth-order valence-corrected chi connectivity index (χ4v) is 4.98. The Morgan fingerprint density at radius 2 is 2.14 bits per heavy atom. The van der Waals surface area contributed by atoms with Crippen LogP contribution in [0.2, 0.25) is 0 Å². The van der Waals surface area contributed by atoms with Gasteiger partial charge in [-0.1, -0.05) is 0 Å². The smallest absolute Gasteiger partial charge is 0.244 e. The van der Waals surface area contributed by atoms with Gasteiger partial charge in [-0.05, 0) is 28.5 Å². The molecule has 8 heteroatoms. The maximum absolute atomic E-state index is 12.1. The molecule has 0 atom stereocenters. The van der Waals surface area contributed by atoms with Crippen LogP contribution in [0, 0.1) is 0 Å². The molecule has 1 saturated heterocycles. The Bertz CT molecular complexity index is 576. The maximum atomic E-state index is 12.1. The highest BCUT2D eigenvalue weighted by Crippen LogP contribution is 2.13. The Labute approximate surface area is 133 Å². The third-order valence-electron chi connectivity index (χ3n) is 2.99. The first-order chi connectivity index (χ1) is 10.1. The van der Waals surface area contributed by atoms with Crippen molar-refractivity contribution in [3.8, 4) is 0 Å². The fraction of sp³-hybridized carbons (Fsp3) is 0.462. The van der Waals surface area contributed by atoms with E-state index in [2.05, 4.69) is 5.32 Å². The van der Waals surface area contributed by atoms with Gasteiger partial charge in [-0.3, -0.25) is 4.79 Å². The number of carbonyl (C=O) groups is 1. The lowest BCUT2D eigenvalue weighted by molar-refractivity contribution is -0.116. The molecule has 1 N–H and O–H groups in total. The van der Waals surface area contributed by atoms with Crippen LogP contribution in [0.4, 0.5) is 0 Å². The number of amides is 1. The lowest BCUT2D eigenvalue weighted by Gasteiger charge is -2.25. The molecule has 0 aliphatic carbocycles. The third kappa shape index (κ3) is 5.46. The molecule has 1 aromatic rings. The number of thiophene rings is 1. The molecular weight excluding hydrogens is 328 g/mol. The Balaban J connectivity index is 1.74. The Kier molecular flexibility index (Phi) is 6.28. The van der Waals surface area contributed by atoms with Crippen LogP contribution in [0.25, 0.3) is 6.08 Å². The molecule has 2 rings (SSSR count). The van der Waals surface area contributed by atoms with E-state index in [1.165, 1.54) is 10.4 Å². The van der Waals surface area contributed by atoms with Crippen molar-refractivity contribution in [2.75, 3.05) is 36.9 Å². The molecule has 5 nitrogen and oxygen atoms in total. The summed E-state index contributed by atoms with van der Waals surface area (Å²) in [6, 6.07) is 1.91. The first-order valence-corrected chi connectivity index (χ1v) is 10.3. The van der Waals surface area contributed by atoms with Crippen molar-refractivity contribution < 1.29 is 13.2 Å². The number of hydrogen-bond donors (Lipinski definition) is 1. The molecular formula is C13H18N2O3S3. The van der Waals surface area contributed by atoms with E-state index in [4.69, 9.17) is 0 Å². The van der Waals surface area contributed by atoms with Crippen LogP contribution in [0.5, 0.6) is 0 Å². The quantitative estimate of drug-likeness (QED) is 0.788. The van der Waals surface area contributed by atoms with Crippen molar-refractivity contribution >= 4 is 45.1 Å². The minimum atomic E-state index is -3.25. The number of rotatable bonds is 6. The highest BCUT2D eigenvalue weighted by atomic mass is 32.2. The van der Waals surface area contributed by atoms with E-state index in [1.807, 2.05) is 16.8 Å². The zero-order chi connectivity index (χ0) is 15.1. The van der Waals surface area contributed by atoms with Crippen LogP contribution >= 0.6 is 23.1 Å². The molecule has 0 unspecified atom stereocenters. The van der Waals surface area contributed by atoms with E-state index < -0.39 is 10.0 Å². The summed E-state index contributed by atoms with van der Waals surface area (Å²) >= 11 is 3.32. The summed E-state index contributed by atoms with van der Waals surface area (Å²) < 4.78 is 25.6. The van der Waals surface area contributed by atoms with Gasteiger partial charge in [-0.25, -0.2) is 12.7 Å². The van der Waals surface area contributed by atoms with E-state index in [1.54, 1.807) is 29.2 Å². The number of nitrogens with zero attached hydrogens (tertiary/aromatic N) is 1. The average Bonchev–Trinajstić information content (AvgIpc) is 2.99. The summed E-state index contributed by atoms with van der Waals surface area (Å²) in [5.74, 6) is 1.37. The van der Waals surface area contributed by atoms with E-state index in [-0.39, 0.29) is 18.2 Å². The van der Waals surface area contributed by atoms with Crippen molar-refractivity contribution in [2.45, 2.75) is 0 Å². The first kappa shape index (κ1) is 16.5. The molecule has 0 bridgehead atoms. The summed E-state index contributed by atoms with van der Waals surface area (Å²) in [4.78, 5) is 11.6. The zero-order valence-electron chi connectivity index (χ0n) is 11.5. The molecule has 1 aliphatic heterocycles. The SMILES string of the molecule is O=C(C=Cc1ccsc1)NCCS(=O)(=O)N1CCSCC1. The van der Waals surface area contributed by atoms with Crippen LogP contribution in [0.3, 0.4) is 0 Å². The van der Waals surface area contributed by atoms with Gasteiger partial charge in [0.05, 0.1) is 5.75 Å². The predicted octanol–water partition coefficient (Wildman–Crippen LogP) is 1.26. The van der Waals surface area contributed by atoms with Crippen LogP contribution < -0.4 is 5.32 Å². The van der Waals surface area contributed by atoms with Gasteiger partial charge in [0.15, 0.2) is 0 Å². The standard InChI is InChI=1S/C13H18N2O3S3/c16-13(2-1-12-3-7-20-11-12)14-4-10-21(17,18)15-5-8-19-9-6-15/h1-3,7,11H,4-6,8-10H2,(H,14,16). The van der Waals surface area contributed by atoms with Crippen LogP contribution in [-0.4, -0.2) is 55.5 Å². The molecule has 1 fully saturated rings. The van der Waals surface area contributed by atoms with Crippen molar-refractivity contribution in [3.63, 3.8) is 0 Å². The number of thioether (sulfide) groups is 1. The third-order valence-corrected chi connectivity index (χ3v) is 6.51. The Morgan fingerprint density at radius 1 is 1.38 bits per heavy atom. The molecule has 0 spiro atoms. The number of carbonyl (C=O) groups excluding carboxylic acids is 1. The molecule has 116 valence electrons. The Hall–Kier alpha value is -0.830. The van der Waals surface area contributed by atoms with E-state index in [0.717, 1.165) is 17.1 Å². The molecule has 0 aromatic carbocycles. The van der Waals surface area contributed by atoms with Crippen molar-refractivity contribution in [2.24, 2.45) is 0 Å². The first-order valence-electron chi connectivity index (χ1n) is 6.61. The molecule has 1 aliphatic rings. The van der Waals surface area contributed by atoms with Gasteiger partial charge in [0.25, 0.3) is 0 Å². The molecule has 0 saturated carbocycles. The summed E-state index contributed by atoms with van der Waals surface area (Å²) in [5, 5.41) is 6.47. The summed E-state index contributed by atoms with van der Waals surface area (Å²) in [5.41, 5.74) is 0.966. The van der Waals surface area contributed by atoms with Crippen LogP contribution in [0.1, 0.15) is 5.56 Å². The van der Waals surface area contributed by atoms with Gasteiger partial charge >= 0.3 is 0 Å². The number of hydrogen-bond acceptors (Lipinski definition) is 5. The second-order valence-electron chi connectivity index (χ2n) is 4.51. The van der Waals surface area contributed by atoms with Gasteiger partial charge in [0, 0.05) is 37.2 Å². The lowest BCUT2D eigenvalue weighted by Crippen LogP contribution is -2.41. The minimum absolute atomic E-state index is 0.0459. The fourth-order valence-electron chi connectivity index (χ4n) is 1.86. The topological polar surface area (TPSA) is 66.5 Å². The van der Waals surface area contributed by atoms with Crippen molar-refractivity contribution in [1.29, 1.82) is 0 Å². The summed E-state index contributed by atoms with van der Waals surface area (Å²) in [6.07, 6.45) is 3.13. The maximum Gasteiger partial charge on any atom is 0.244 e. The van der Waals surface area contributed by atoms with E-state index >= 15 is 0 Å². The monoisotopic (exact) mass is 346 g/mol. The van der Waals surface area contributed by atoms with Gasteiger partial charge in [-0.15, -0.1) is 0 Å². The summed E-state index contributed by atoms with van der Waals surface area (Å²) in [7, 11) is -3.25.